The summed E-state index contributed by atoms with van der Waals surface area (Å²) in [4.78, 5) is 4.50. The maximum absolute atomic E-state index is 13.5. The number of aliphatic hydroxyl groups excluding tert-OH is 1. The zero-order valence-electron chi connectivity index (χ0n) is 17.9. The van der Waals surface area contributed by atoms with Crippen molar-refractivity contribution in [2.24, 2.45) is 0 Å². The Bertz CT molecular complexity index is 1300. The van der Waals surface area contributed by atoms with E-state index in [4.69, 9.17) is 4.74 Å². The number of nitrogens with zero attached hydrogens (tertiary/aromatic N) is 3. The highest BCUT2D eigenvalue weighted by Crippen LogP contribution is 2.27. The van der Waals surface area contributed by atoms with Crippen LogP contribution >= 0.6 is 0 Å². The number of rotatable bonds is 8. The molecule has 3 aromatic carbocycles. The molecule has 0 aliphatic carbocycles. The summed E-state index contributed by atoms with van der Waals surface area (Å²) in [6.45, 7) is 1.99. The lowest BCUT2D eigenvalue weighted by molar-refractivity contribution is 0.164. The molecule has 0 saturated heterocycles. The normalized spacial score (nSPS) is 12.6. The molecule has 1 unspecified atom stereocenters. The van der Waals surface area contributed by atoms with Crippen LogP contribution in [0.2, 0.25) is 0 Å². The van der Waals surface area contributed by atoms with Gasteiger partial charge in [0.15, 0.2) is 0 Å². The van der Waals surface area contributed by atoms with E-state index in [0.29, 0.717) is 11.4 Å². The summed E-state index contributed by atoms with van der Waals surface area (Å²) in [5.74, 6) is 0.617. The second-order valence-corrected chi connectivity index (χ2v) is 9.45. The Hall–Kier alpha value is -3.36. The first-order chi connectivity index (χ1) is 15.4. The van der Waals surface area contributed by atoms with Gasteiger partial charge >= 0.3 is 0 Å². The maximum atomic E-state index is 13.5. The van der Waals surface area contributed by atoms with E-state index in [2.05, 4.69) is 4.98 Å². The molecule has 0 spiro atoms. The standard InChI is InChI=1S/C24H25N3O4S/c1-18-7-13-22(14-8-18)32(29,30)27(19-9-11-21(31-2)12-10-19)16-20(28)15-26-17-25-23-5-3-4-6-24(23)26/h3-14,17,20,28H,15-16H2,1-2H3. The number of sulfonamides is 1. The Balaban J connectivity index is 1.65. The van der Waals surface area contributed by atoms with Gasteiger partial charge in [-0.05, 0) is 55.5 Å². The summed E-state index contributed by atoms with van der Waals surface area (Å²) in [7, 11) is -2.35. The second kappa shape index (κ2) is 9.02. The minimum atomic E-state index is -3.90. The van der Waals surface area contributed by atoms with Crippen molar-refractivity contribution in [1.29, 1.82) is 0 Å². The lowest BCUT2D eigenvalue weighted by Crippen LogP contribution is -2.39. The van der Waals surface area contributed by atoms with Crippen LogP contribution in [0.3, 0.4) is 0 Å². The van der Waals surface area contributed by atoms with Gasteiger partial charge in [0, 0.05) is 0 Å². The lowest BCUT2D eigenvalue weighted by atomic mass is 10.2. The Morgan fingerprint density at radius 3 is 2.41 bits per heavy atom. The van der Waals surface area contributed by atoms with Crippen LogP contribution in [0.5, 0.6) is 5.75 Å². The fourth-order valence-electron chi connectivity index (χ4n) is 3.56. The Morgan fingerprint density at radius 2 is 1.72 bits per heavy atom. The van der Waals surface area contributed by atoms with Gasteiger partial charge in [-0.15, -0.1) is 0 Å². The second-order valence-electron chi connectivity index (χ2n) is 7.59. The van der Waals surface area contributed by atoms with Gasteiger partial charge in [0.05, 0.1) is 54.2 Å². The van der Waals surface area contributed by atoms with Crippen molar-refractivity contribution in [3.05, 3.63) is 84.7 Å². The van der Waals surface area contributed by atoms with E-state index in [1.165, 1.54) is 4.31 Å². The number of hydrogen-bond donors (Lipinski definition) is 1. The van der Waals surface area contributed by atoms with Gasteiger partial charge in [0.25, 0.3) is 10.0 Å². The number of para-hydroxylation sites is 2. The summed E-state index contributed by atoms with van der Waals surface area (Å²) in [5.41, 5.74) is 3.11. The van der Waals surface area contributed by atoms with Gasteiger partial charge in [0.1, 0.15) is 5.75 Å². The number of aliphatic hydroxyl groups is 1. The van der Waals surface area contributed by atoms with Gasteiger partial charge in [-0.1, -0.05) is 29.8 Å². The summed E-state index contributed by atoms with van der Waals surface area (Å²) < 4.78 is 35.3. The number of methoxy groups -OCH3 is 1. The Morgan fingerprint density at radius 1 is 1.03 bits per heavy atom. The van der Waals surface area contributed by atoms with Crippen molar-refractivity contribution in [2.75, 3.05) is 18.0 Å². The topological polar surface area (TPSA) is 84.7 Å². The number of aromatic nitrogens is 2. The highest BCUT2D eigenvalue weighted by molar-refractivity contribution is 7.92. The fraction of sp³-hybridized carbons (Fsp3) is 0.208. The van der Waals surface area contributed by atoms with Crippen LogP contribution in [-0.4, -0.2) is 42.8 Å². The maximum Gasteiger partial charge on any atom is 0.264 e. The third-order valence-electron chi connectivity index (χ3n) is 5.28. The van der Waals surface area contributed by atoms with Crippen molar-refractivity contribution in [2.45, 2.75) is 24.5 Å². The summed E-state index contributed by atoms with van der Waals surface area (Å²) in [5, 5.41) is 10.9. The minimum absolute atomic E-state index is 0.116. The molecule has 0 saturated carbocycles. The van der Waals surface area contributed by atoms with Crippen LogP contribution in [0.25, 0.3) is 11.0 Å². The molecular weight excluding hydrogens is 426 g/mol. The van der Waals surface area contributed by atoms with E-state index in [-0.39, 0.29) is 18.0 Å². The van der Waals surface area contributed by atoms with Crippen molar-refractivity contribution in [3.63, 3.8) is 0 Å². The molecule has 0 aliphatic rings. The molecule has 0 fully saturated rings. The number of hydrogen-bond acceptors (Lipinski definition) is 5. The SMILES string of the molecule is COc1ccc(N(CC(O)Cn2cnc3ccccc32)S(=O)(=O)c2ccc(C)cc2)cc1. The molecule has 1 aromatic heterocycles. The first-order valence-electron chi connectivity index (χ1n) is 10.2. The van der Waals surface area contributed by atoms with E-state index in [9.17, 15) is 13.5 Å². The number of benzene rings is 3. The molecule has 1 N–H and O–H groups in total. The summed E-state index contributed by atoms with van der Waals surface area (Å²) in [6, 6.07) is 21.0. The molecule has 0 bridgehead atoms. The van der Waals surface area contributed by atoms with Gasteiger partial charge in [-0.3, -0.25) is 4.31 Å². The molecule has 0 radical (unpaired) electrons. The number of anilines is 1. The van der Waals surface area contributed by atoms with E-state index >= 15 is 0 Å². The smallest absolute Gasteiger partial charge is 0.264 e. The largest absolute Gasteiger partial charge is 0.497 e. The van der Waals surface area contributed by atoms with Crippen molar-refractivity contribution in [1.82, 2.24) is 9.55 Å². The quantitative estimate of drug-likeness (QED) is 0.442. The van der Waals surface area contributed by atoms with E-state index in [1.807, 2.05) is 35.8 Å². The molecule has 7 nitrogen and oxygen atoms in total. The molecule has 0 amide bonds. The van der Waals surface area contributed by atoms with E-state index < -0.39 is 16.1 Å². The zero-order valence-corrected chi connectivity index (χ0v) is 18.7. The molecule has 4 rings (SSSR count). The molecule has 4 aromatic rings. The first-order valence-corrected chi connectivity index (χ1v) is 11.6. The fourth-order valence-corrected chi connectivity index (χ4v) is 5.06. The van der Waals surface area contributed by atoms with Crippen LogP contribution in [0, 0.1) is 6.92 Å². The lowest BCUT2D eigenvalue weighted by Gasteiger charge is -2.27. The predicted molar refractivity (Wildman–Crippen MR) is 124 cm³/mol. The Kier molecular flexibility index (Phi) is 6.16. The molecule has 1 atom stereocenters. The van der Waals surface area contributed by atoms with Gasteiger partial charge in [0.2, 0.25) is 0 Å². The molecule has 0 aliphatic heterocycles. The summed E-state index contributed by atoms with van der Waals surface area (Å²) in [6.07, 6.45) is 0.690. The highest BCUT2D eigenvalue weighted by Gasteiger charge is 2.27. The number of fused-ring (bicyclic) bond motifs is 1. The zero-order chi connectivity index (χ0) is 22.7. The summed E-state index contributed by atoms with van der Waals surface area (Å²) >= 11 is 0. The molecule has 32 heavy (non-hydrogen) atoms. The Labute approximate surface area is 187 Å². The van der Waals surface area contributed by atoms with Crippen LogP contribution in [-0.2, 0) is 16.6 Å². The van der Waals surface area contributed by atoms with Crippen molar-refractivity contribution in [3.8, 4) is 5.75 Å². The number of aryl methyl sites for hydroxylation is 1. The van der Waals surface area contributed by atoms with Gasteiger partial charge in [-0.25, -0.2) is 13.4 Å². The predicted octanol–water partition coefficient (Wildman–Crippen LogP) is 3.61. The van der Waals surface area contributed by atoms with Crippen molar-refractivity contribution >= 4 is 26.7 Å². The van der Waals surface area contributed by atoms with Crippen LogP contribution in [0.4, 0.5) is 5.69 Å². The van der Waals surface area contributed by atoms with E-state index in [1.54, 1.807) is 62.0 Å². The molecule has 1 heterocycles. The van der Waals surface area contributed by atoms with Crippen LogP contribution in [0.1, 0.15) is 5.56 Å². The number of ether oxygens (including phenoxy) is 1. The molecular formula is C24H25N3O4S. The third-order valence-corrected chi connectivity index (χ3v) is 7.09. The van der Waals surface area contributed by atoms with E-state index in [0.717, 1.165) is 16.6 Å². The average molecular weight is 452 g/mol. The third kappa shape index (κ3) is 4.46. The monoisotopic (exact) mass is 451 g/mol. The average Bonchev–Trinajstić information content (AvgIpc) is 3.20. The van der Waals surface area contributed by atoms with Crippen LogP contribution < -0.4 is 9.04 Å². The van der Waals surface area contributed by atoms with Gasteiger partial charge < -0.3 is 14.4 Å². The molecule has 166 valence electrons. The number of imidazole rings is 1. The minimum Gasteiger partial charge on any atom is -0.497 e. The van der Waals surface area contributed by atoms with Crippen LogP contribution in [0.15, 0.2) is 84.0 Å². The van der Waals surface area contributed by atoms with Crippen molar-refractivity contribution < 1.29 is 18.3 Å². The van der Waals surface area contributed by atoms with Gasteiger partial charge in [-0.2, -0.15) is 0 Å². The molecule has 8 heteroatoms. The highest BCUT2D eigenvalue weighted by atomic mass is 32.2. The first kappa shape index (κ1) is 21.9.